The Hall–Kier alpha value is -3.24. The molecule has 1 aliphatic carbocycles. The number of sulfonamides is 1. The van der Waals surface area contributed by atoms with Gasteiger partial charge in [0.25, 0.3) is 21.8 Å². The van der Waals surface area contributed by atoms with Crippen molar-refractivity contribution in [3.05, 3.63) is 75.9 Å². The minimum atomic E-state index is -3.90. The van der Waals surface area contributed by atoms with Crippen LogP contribution in [-0.2, 0) is 22.9 Å². The van der Waals surface area contributed by atoms with Crippen molar-refractivity contribution in [2.75, 3.05) is 10.0 Å². The van der Waals surface area contributed by atoms with Crippen molar-refractivity contribution in [2.24, 2.45) is 11.7 Å². The molecule has 0 fully saturated rings. The van der Waals surface area contributed by atoms with Crippen molar-refractivity contribution in [1.29, 1.82) is 0 Å². The number of halogens is 1. The van der Waals surface area contributed by atoms with E-state index in [0.717, 1.165) is 54.0 Å². The first-order valence-electron chi connectivity index (χ1n) is 10.3. The lowest BCUT2D eigenvalue weighted by Crippen LogP contribution is -2.19. The molecule has 0 aliphatic heterocycles. The fraction of sp³-hybridized carbons (Fsp3) is 0.217. The van der Waals surface area contributed by atoms with E-state index >= 15 is 0 Å². The average Bonchev–Trinajstić information content (AvgIpc) is 3.11. The summed E-state index contributed by atoms with van der Waals surface area (Å²) in [4.78, 5) is 25.8. The number of nitrogens with two attached hydrogens (primary N) is 1. The van der Waals surface area contributed by atoms with Crippen LogP contribution in [0.25, 0.3) is 0 Å². The molecule has 1 atom stereocenters. The van der Waals surface area contributed by atoms with E-state index in [9.17, 15) is 22.4 Å². The van der Waals surface area contributed by atoms with E-state index in [1.54, 1.807) is 0 Å². The summed E-state index contributed by atoms with van der Waals surface area (Å²) in [6, 6.07) is 10.3. The molecular weight excluding hydrogens is 465 g/mol. The highest BCUT2D eigenvalue weighted by Crippen LogP contribution is 2.39. The maximum absolute atomic E-state index is 13.1. The third kappa shape index (κ3) is 4.91. The standard InChI is InChI=1S/C23H22FN3O4S2/c1-13-2-11-18-19(12-13)32-23(20(18)21(25)28)26-22(29)14-3-7-16(8-4-14)27-33(30,31)17-9-5-15(24)6-10-17/h3-10,13,27H,2,11-12H2,1H3,(H2,25,28)(H,26,29)/t13-/m1/s1. The molecule has 0 spiro atoms. The van der Waals surface area contributed by atoms with Crippen LogP contribution in [0.4, 0.5) is 15.1 Å². The highest BCUT2D eigenvalue weighted by atomic mass is 32.2. The minimum absolute atomic E-state index is 0.0827. The SMILES string of the molecule is C[C@@H]1CCc2c(sc(NC(=O)c3ccc(NS(=O)(=O)c4ccc(F)cc4)cc3)c2C(N)=O)C1. The molecule has 3 aromatic rings. The molecule has 0 saturated carbocycles. The fourth-order valence-corrected chi connectivity index (χ4v) is 6.26. The number of nitrogens with one attached hydrogen (secondary N) is 2. The predicted octanol–water partition coefficient (Wildman–Crippen LogP) is 4.16. The Labute approximate surface area is 194 Å². The lowest BCUT2D eigenvalue weighted by molar-refractivity contribution is 0.1000. The number of rotatable bonds is 6. The Morgan fingerprint density at radius 3 is 2.39 bits per heavy atom. The first-order chi connectivity index (χ1) is 15.6. The lowest BCUT2D eigenvalue weighted by Gasteiger charge is -2.18. The number of carbonyl (C=O) groups is 2. The fourth-order valence-electron chi connectivity index (χ4n) is 3.79. The quantitative estimate of drug-likeness (QED) is 0.484. The summed E-state index contributed by atoms with van der Waals surface area (Å²) >= 11 is 1.38. The van der Waals surface area contributed by atoms with Gasteiger partial charge in [-0.25, -0.2) is 12.8 Å². The largest absolute Gasteiger partial charge is 0.365 e. The molecule has 0 radical (unpaired) electrons. The molecular formula is C23H22FN3O4S2. The Bertz CT molecular complexity index is 1320. The van der Waals surface area contributed by atoms with Gasteiger partial charge in [0.15, 0.2) is 0 Å². The lowest BCUT2D eigenvalue weighted by atomic mass is 9.88. The normalized spacial score (nSPS) is 15.5. The molecule has 172 valence electrons. The zero-order chi connectivity index (χ0) is 23.8. The summed E-state index contributed by atoms with van der Waals surface area (Å²) in [6.45, 7) is 2.15. The third-order valence-corrected chi connectivity index (χ3v) is 8.08. The van der Waals surface area contributed by atoms with Crippen LogP contribution in [0.3, 0.4) is 0 Å². The van der Waals surface area contributed by atoms with Crippen molar-refractivity contribution in [3.8, 4) is 0 Å². The third-order valence-electron chi connectivity index (χ3n) is 5.51. The van der Waals surface area contributed by atoms with Gasteiger partial charge in [-0.05, 0) is 79.3 Å². The van der Waals surface area contributed by atoms with Crippen molar-refractivity contribution in [1.82, 2.24) is 0 Å². The Morgan fingerprint density at radius 2 is 1.76 bits per heavy atom. The number of hydrogen-bond donors (Lipinski definition) is 3. The predicted molar refractivity (Wildman–Crippen MR) is 126 cm³/mol. The van der Waals surface area contributed by atoms with E-state index in [2.05, 4.69) is 17.0 Å². The first kappa shape index (κ1) is 22.9. The van der Waals surface area contributed by atoms with Gasteiger partial charge in [0, 0.05) is 16.1 Å². The van der Waals surface area contributed by atoms with Gasteiger partial charge in [0.05, 0.1) is 10.5 Å². The van der Waals surface area contributed by atoms with Crippen LogP contribution >= 0.6 is 11.3 Å². The summed E-state index contributed by atoms with van der Waals surface area (Å²) in [7, 11) is -3.90. The summed E-state index contributed by atoms with van der Waals surface area (Å²) in [5.74, 6) is -1.03. The molecule has 2 aromatic carbocycles. The van der Waals surface area contributed by atoms with Crippen LogP contribution in [0.2, 0.25) is 0 Å². The van der Waals surface area contributed by atoms with Crippen LogP contribution < -0.4 is 15.8 Å². The number of benzene rings is 2. The second kappa shape index (κ2) is 8.95. The maximum Gasteiger partial charge on any atom is 0.261 e. The minimum Gasteiger partial charge on any atom is -0.365 e. The Balaban J connectivity index is 1.50. The van der Waals surface area contributed by atoms with Crippen LogP contribution in [0.15, 0.2) is 53.4 Å². The number of carbonyl (C=O) groups excluding carboxylic acids is 2. The number of anilines is 2. The van der Waals surface area contributed by atoms with Gasteiger partial charge < -0.3 is 11.1 Å². The topological polar surface area (TPSA) is 118 Å². The van der Waals surface area contributed by atoms with Crippen LogP contribution in [-0.4, -0.2) is 20.2 Å². The van der Waals surface area contributed by atoms with Gasteiger partial charge >= 0.3 is 0 Å². The Kier molecular flexibility index (Phi) is 6.22. The van der Waals surface area contributed by atoms with E-state index in [0.29, 0.717) is 16.5 Å². The van der Waals surface area contributed by atoms with Crippen molar-refractivity contribution < 1.29 is 22.4 Å². The van der Waals surface area contributed by atoms with E-state index in [4.69, 9.17) is 5.73 Å². The molecule has 1 aromatic heterocycles. The van der Waals surface area contributed by atoms with Crippen LogP contribution in [0, 0.1) is 11.7 Å². The van der Waals surface area contributed by atoms with E-state index in [1.165, 1.54) is 35.6 Å². The molecule has 33 heavy (non-hydrogen) atoms. The summed E-state index contributed by atoms with van der Waals surface area (Å²) in [5, 5.41) is 3.22. The molecule has 0 bridgehead atoms. The summed E-state index contributed by atoms with van der Waals surface area (Å²) in [5.41, 5.74) is 7.43. The van der Waals surface area contributed by atoms with Crippen molar-refractivity contribution in [3.63, 3.8) is 0 Å². The molecule has 2 amide bonds. The van der Waals surface area contributed by atoms with Gasteiger partial charge in [-0.1, -0.05) is 6.92 Å². The molecule has 0 saturated heterocycles. The molecule has 4 N–H and O–H groups in total. The smallest absolute Gasteiger partial charge is 0.261 e. The van der Waals surface area contributed by atoms with E-state index < -0.39 is 27.7 Å². The van der Waals surface area contributed by atoms with Gasteiger partial charge in [0.2, 0.25) is 0 Å². The van der Waals surface area contributed by atoms with Crippen LogP contribution in [0.1, 0.15) is 44.5 Å². The second-order valence-corrected chi connectivity index (χ2v) is 10.8. The second-order valence-electron chi connectivity index (χ2n) is 8.01. The van der Waals surface area contributed by atoms with Crippen LogP contribution in [0.5, 0.6) is 0 Å². The number of fused-ring (bicyclic) bond motifs is 1. The molecule has 4 rings (SSSR count). The van der Waals surface area contributed by atoms with Gasteiger partial charge in [-0.2, -0.15) is 0 Å². The first-order valence-corrected chi connectivity index (χ1v) is 12.6. The highest BCUT2D eigenvalue weighted by molar-refractivity contribution is 7.92. The monoisotopic (exact) mass is 487 g/mol. The molecule has 0 unspecified atom stereocenters. The molecule has 1 aliphatic rings. The number of hydrogen-bond acceptors (Lipinski definition) is 5. The Morgan fingerprint density at radius 1 is 1.09 bits per heavy atom. The number of primary amides is 1. The highest BCUT2D eigenvalue weighted by Gasteiger charge is 2.27. The maximum atomic E-state index is 13.1. The molecule has 10 heteroatoms. The molecule has 7 nitrogen and oxygen atoms in total. The van der Waals surface area contributed by atoms with Crippen molar-refractivity contribution in [2.45, 2.75) is 31.1 Å². The molecule has 1 heterocycles. The van der Waals surface area contributed by atoms with E-state index in [-0.39, 0.29) is 16.1 Å². The van der Waals surface area contributed by atoms with E-state index in [1.807, 2.05) is 0 Å². The summed E-state index contributed by atoms with van der Waals surface area (Å²) < 4.78 is 40.3. The van der Waals surface area contributed by atoms with Gasteiger partial charge in [0.1, 0.15) is 10.8 Å². The van der Waals surface area contributed by atoms with Crippen molar-refractivity contribution >= 4 is 43.9 Å². The number of thiophene rings is 1. The zero-order valence-corrected chi connectivity index (χ0v) is 19.4. The summed E-state index contributed by atoms with van der Waals surface area (Å²) in [6.07, 6.45) is 2.57. The zero-order valence-electron chi connectivity index (χ0n) is 17.7. The van der Waals surface area contributed by atoms with Gasteiger partial charge in [-0.15, -0.1) is 11.3 Å². The van der Waals surface area contributed by atoms with Gasteiger partial charge in [-0.3, -0.25) is 14.3 Å². The number of amides is 2. The average molecular weight is 488 g/mol.